The van der Waals surface area contributed by atoms with Gasteiger partial charge in [0.25, 0.3) is 5.91 Å². The highest BCUT2D eigenvalue weighted by Gasteiger charge is 2.49. The van der Waals surface area contributed by atoms with E-state index in [1.165, 1.54) is 7.11 Å². The molecule has 2 aromatic carbocycles. The van der Waals surface area contributed by atoms with Gasteiger partial charge in [-0.05, 0) is 55.2 Å². The van der Waals surface area contributed by atoms with E-state index in [2.05, 4.69) is 11.4 Å². The van der Waals surface area contributed by atoms with Crippen molar-refractivity contribution in [2.45, 2.75) is 32.5 Å². The minimum atomic E-state index is -1.60. The molecule has 5 nitrogen and oxygen atoms in total. The number of carbonyl (C=O) groups is 1. The lowest BCUT2D eigenvalue weighted by Gasteiger charge is -2.40. The standard InChI is InChI=1S/C25H25NO4/c1-15(22-16(2)14-30-17(22)3)12-18-10-11-21-20(13-18)25(28,19-8-6-5-7-9-19)23(29-4)24(27)26-21/h5-14,23,28H,1-4H3,(H,26,27)/b15-12+. The number of fused-ring (bicyclic) bond motifs is 1. The average molecular weight is 403 g/mol. The molecule has 4 rings (SSSR count). The normalized spacial score (nSPS) is 21.3. The van der Waals surface area contributed by atoms with Crippen molar-refractivity contribution < 1.29 is 19.1 Å². The maximum Gasteiger partial charge on any atom is 0.257 e. The van der Waals surface area contributed by atoms with Crippen molar-refractivity contribution in [3.05, 3.63) is 88.4 Å². The van der Waals surface area contributed by atoms with Crippen LogP contribution in [0.1, 0.15) is 40.5 Å². The summed E-state index contributed by atoms with van der Waals surface area (Å²) in [6.07, 6.45) is 2.74. The number of aryl methyl sites for hydroxylation is 2. The molecule has 0 saturated carbocycles. The third-order valence-corrected chi connectivity index (χ3v) is 5.72. The van der Waals surface area contributed by atoms with E-state index in [4.69, 9.17) is 9.15 Å². The molecule has 5 heteroatoms. The fourth-order valence-corrected chi connectivity index (χ4v) is 4.37. The second-order valence-corrected chi connectivity index (χ2v) is 7.72. The first-order valence-corrected chi connectivity index (χ1v) is 9.85. The lowest BCUT2D eigenvalue weighted by Crippen LogP contribution is -2.52. The second kappa shape index (κ2) is 7.59. The molecule has 30 heavy (non-hydrogen) atoms. The van der Waals surface area contributed by atoms with Gasteiger partial charge in [-0.1, -0.05) is 42.5 Å². The minimum Gasteiger partial charge on any atom is -0.469 e. The number of rotatable bonds is 4. The summed E-state index contributed by atoms with van der Waals surface area (Å²) in [5, 5.41) is 14.7. The van der Waals surface area contributed by atoms with Crippen molar-refractivity contribution in [3.8, 4) is 0 Å². The first-order chi connectivity index (χ1) is 14.4. The molecule has 154 valence electrons. The Balaban J connectivity index is 1.87. The summed E-state index contributed by atoms with van der Waals surface area (Å²) in [5.74, 6) is 0.493. The number of hydrogen-bond acceptors (Lipinski definition) is 4. The first kappa shape index (κ1) is 20.1. The minimum absolute atomic E-state index is 0.375. The zero-order chi connectivity index (χ0) is 21.5. The maximum atomic E-state index is 12.7. The Kier molecular flexibility index (Phi) is 5.10. The quantitative estimate of drug-likeness (QED) is 0.665. The van der Waals surface area contributed by atoms with E-state index < -0.39 is 11.7 Å². The number of carbonyl (C=O) groups excluding carboxylic acids is 1. The Morgan fingerprint density at radius 1 is 1.20 bits per heavy atom. The molecule has 0 spiro atoms. The summed E-state index contributed by atoms with van der Waals surface area (Å²) in [5.41, 5.74) is 4.30. The molecule has 0 bridgehead atoms. The van der Waals surface area contributed by atoms with Gasteiger partial charge in [-0.15, -0.1) is 0 Å². The van der Waals surface area contributed by atoms with E-state index in [0.29, 0.717) is 16.8 Å². The number of ether oxygens (including phenoxy) is 1. The van der Waals surface area contributed by atoms with Gasteiger partial charge >= 0.3 is 0 Å². The summed E-state index contributed by atoms with van der Waals surface area (Å²) in [6, 6.07) is 14.8. The van der Waals surface area contributed by atoms with E-state index in [1.54, 1.807) is 18.4 Å². The lowest BCUT2D eigenvalue weighted by atomic mass is 9.77. The highest BCUT2D eigenvalue weighted by molar-refractivity contribution is 6.00. The van der Waals surface area contributed by atoms with Crippen LogP contribution in [-0.2, 0) is 15.1 Å². The highest BCUT2D eigenvalue weighted by Crippen LogP contribution is 2.43. The largest absolute Gasteiger partial charge is 0.469 e. The van der Waals surface area contributed by atoms with Crippen molar-refractivity contribution in [1.82, 2.24) is 0 Å². The predicted molar refractivity (Wildman–Crippen MR) is 117 cm³/mol. The van der Waals surface area contributed by atoms with E-state index in [1.807, 2.05) is 57.2 Å². The molecule has 2 atom stereocenters. The lowest BCUT2D eigenvalue weighted by molar-refractivity contribution is -0.142. The fourth-order valence-electron chi connectivity index (χ4n) is 4.37. The van der Waals surface area contributed by atoms with Gasteiger partial charge in [0.15, 0.2) is 11.7 Å². The van der Waals surface area contributed by atoms with Crippen LogP contribution in [0.3, 0.4) is 0 Å². The Morgan fingerprint density at radius 3 is 2.57 bits per heavy atom. The summed E-state index contributed by atoms with van der Waals surface area (Å²) >= 11 is 0. The van der Waals surface area contributed by atoms with Crippen LogP contribution in [0.5, 0.6) is 0 Å². The molecule has 3 aromatic rings. The molecule has 1 aromatic heterocycles. The zero-order valence-corrected chi connectivity index (χ0v) is 17.5. The third kappa shape index (κ3) is 3.16. The molecule has 1 aliphatic rings. The number of aliphatic hydroxyl groups is 1. The number of furan rings is 1. The number of hydrogen-bond donors (Lipinski definition) is 2. The van der Waals surface area contributed by atoms with Crippen molar-refractivity contribution >= 4 is 23.2 Å². The zero-order valence-electron chi connectivity index (χ0n) is 17.5. The summed E-state index contributed by atoms with van der Waals surface area (Å²) in [7, 11) is 1.43. The van der Waals surface area contributed by atoms with Crippen molar-refractivity contribution in [2.75, 3.05) is 12.4 Å². The first-order valence-electron chi connectivity index (χ1n) is 9.85. The number of amides is 1. The van der Waals surface area contributed by atoms with E-state index in [9.17, 15) is 9.90 Å². The molecule has 2 heterocycles. The molecule has 2 unspecified atom stereocenters. The van der Waals surface area contributed by atoms with Gasteiger partial charge < -0.3 is 19.6 Å². The molecule has 2 N–H and O–H groups in total. The van der Waals surface area contributed by atoms with E-state index >= 15 is 0 Å². The van der Waals surface area contributed by atoms with Crippen LogP contribution in [0.25, 0.3) is 11.6 Å². The van der Waals surface area contributed by atoms with Crippen LogP contribution in [0.2, 0.25) is 0 Å². The Labute approximate surface area is 176 Å². The fraction of sp³-hybridized carbons (Fsp3) is 0.240. The Morgan fingerprint density at radius 2 is 1.93 bits per heavy atom. The van der Waals surface area contributed by atoms with Crippen LogP contribution >= 0.6 is 0 Å². The monoisotopic (exact) mass is 403 g/mol. The molecule has 1 aliphatic heterocycles. The van der Waals surface area contributed by atoms with Gasteiger partial charge in [0, 0.05) is 23.9 Å². The van der Waals surface area contributed by atoms with Crippen molar-refractivity contribution in [3.63, 3.8) is 0 Å². The number of nitrogens with one attached hydrogen (secondary N) is 1. The molecular formula is C25H25NO4. The molecule has 0 fully saturated rings. The molecule has 1 amide bonds. The van der Waals surface area contributed by atoms with Crippen LogP contribution < -0.4 is 5.32 Å². The van der Waals surface area contributed by atoms with E-state index in [0.717, 1.165) is 28.0 Å². The third-order valence-electron chi connectivity index (χ3n) is 5.72. The summed E-state index contributed by atoms with van der Waals surface area (Å²) in [4.78, 5) is 12.7. The molecule has 0 saturated heterocycles. The van der Waals surface area contributed by atoms with Crippen molar-refractivity contribution in [1.29, 1.82) is 0 Å². The van der Waals surface area contributed by atoms with Crippen molar-refractivity contribution in [2.24, 2.45) is 0 Å². The molecule has 0 radical (unpaired) electrons. The number of methoxy groups -OCH3 is 1. The second-order valence-electron chi connectivity index (χ2n) is 7.72. The van der Waals surface area contributed by atoms with Gasteiger partial charge in [-0.2, -0.15) is 0 Å². The van der Waals surface area contributed by atoms with Gasteiger partial charge in [-0.25, -0.2) is 0 Å². The molecular weight excluding hydrogens is 378 g/mol. The highest BCUT2D eigenvalue weighted by atomic mass is 16.5. The van der Waals surface area contributed by atoms with Crippen LogP contribution in [0.4, 0.5) is 5.69 Å². The van der Waals surface area contributed by atoms with Gasteiger partial charge in [0.1, 0.15) is 5.76 Å². The number of benzene rings is 2. The van der Waals surface area contributed by atoms with Crippen LogP contribution in [0.15, 0.2) is 59.2 Å². The SMILES string of the molecule is COC1C(=O)Nc2ccc(/C=C(\C)c3c(C)coc3C)cc2C1(O)c1ccccc1. The molecule has 0 aliphatic carbocycles. The number of allylic oxidation sites excluding steroid dienone is 1. The van der Waals surface area contributed by atoms with Crippen LogP contribution in [0, 0.1) is 13.8 Å². The predicted octanol–water partition coefficient (Wildman–Crippen LogP) is 4.66. The van der Waals surface area contributed by atoms with Gasteiger partial charge in [0.2, 0.25) is 0 Å². The maximum absolute atomic E-state index is 12.7. The topological polar surface area (TPSA) is 71.7 Å². The van der Waals surface area contributed by atoms with E-state index in [-0.39, 0.29) is 5.91 Å². The Hall–Kier alpha value is -3.15. The number of anilines is 1. The van der Waals surface area contributed by atoms with Crippen LogP contribution in [-0.4, -0.2) is 24.2 Å². The average Bonchev–Trinajstić information content (AvgIpc) is 3.07. The Bertz CT molecular complexity index is 1110. The smallest absolute Gasteiger partial charge is 0.257 e. The van der Waals surface area contributed by atoms with Gasteiger partial charge in [-0.3, -0.25) is 4.79 Å². The van der Waals surface area contributed by atoms with Gasteiger partial charge in [0.05, 0.1) is 6.26 Å². The summed E-state index contributed by atoms with van der Waals surface area (Å²) < 4.78 is 11.0. The summed E-state index contributed by atoms with van der Waals surface area (Å²) in [6.45, 7) is 6.00.